The summed E-state index contributed by atoms with van der Waals surface area (Å²) in [6.07, 6.45) is 2.13. The Labute approximate surface area is 112 Å². The number of rotatable bonds is 2. The average Bonchev–Trinajstić information content (AvgIpc) is 2.83. The first-order valence-electron chi connectivity index (χ1n) is 6.74. The van der Waals surface area contributed by atoms with Gasteiger partial charge in [-0.05, 0) is 44.5 Å². The minimum atomic E-state index is -0.123. The van der Waals surface area contributed by atoms with E-state index in [1.165, 1.54) is 0 Å². The lowest BCUT2D eigenvalue weighted by Gasteiger charge is -2.23. The quantitative estimate of drug-likeness (QED) is 0.868. The highest BCUT2D eigenvalue weighted by Crippen LogP contribution is 2.20. The van der Waals surface area contributed by atoms with Crippen LogP contribution in [0.5, 0.6) is 0 Å². The van der Waals surface area contributed by atoms with Crippen LogP contribution in [0.1, 0.15) is 29.0 Å². The van der Waals surface area contributed by atoms with Crippen LogP contribution in [0.2, 0.25) is 0 Å². The molecule has 100 valence electrons. The molecule has 0 radical (unpaired) electrons. The summed E-state index contributed by atoms with van der Waals surface area (Å²) < 4.78 is 5.59. The highest BCUT2D eigenvalue weighted by atomic mass is 16.3. The van der Waals surface area contributed by atoms with Gasteiger partial charge in [0.1, 0.15) is 5.58 Å². The lowest BCUT2D eigenvalue weighted by atomic mass is 10.1. The van der Waals surface area contributed by atoms with E-state index in [0.29, 0.717) is 5.76 Å². The van der Waals surface area contributed by atoms with Gasteiger partial charge in [-0.1, -0.05) is 11.6 Å². The number of carbonyl (C=O) groups is 1. The molecule has 2 heterocycles. The monoisotopic (exact) mass is 258 g/mol. The van der Waals surface area contributed by atoms with Crippen LogP contribution in [0.4, 0.5) is 0 Å². The summed E-state index contributed by atoms with van der Waals surface area (Å²) in [5, 5.41) is 7.27. The molecule has 0 unspecified atom stereocenters. The largest absolute Gasteiger partial charge is 0.451 e. The van der Waals surface area contributed by atoms with Crippen LogP contribution in [-0.4, -0.2) is 25.0 Å². The summed E-state index contributed by atoms with van der Waals surface area (Å²) in [6, 6.07) is 7.93. The average molecular weight is 258 g/mol. The first kappa shape index (κ1) is 12.2. The zero-order chi connectivity index (χ0) is 13.2. The van der Waals surface area contributed by atoms with E-state index < -0.39 is 0 Å². The molecule has 1 aromatic carbocycles. The third-order valence-corrected chi connectivity index (χ3v) is 3.53. The van der Waals surface area contributed by atoms with Crippen LogP contribution in [0.3, 0.4) is 0 Å². The van der Waals surface area contributed by atoms with Gasteiger partial charge in [0.05, 0.1) is 0 Å². The van der Waals surface area contributed by atoms with Crippen LogP contribution in [0.25, 0.3) is 11.0 Å². The summed E-state index contributed by atoms with van der Waals surface area (Å²) in [6.45, 7) is 3.90. The maximum Gasteiger partial charge on any atom is 0.287 e. The lowest BCUT2D eigenvalue weighted by Crippen LogP contribution is -2.45. The van der Waals surface area contributed by atoms with Gasteiger partial charge in [-0.25, -0.2) is 0 Å². The molecule has 0 spiro atoms. The smallest absolute Gasteiger partial charge is 0.287 e. The van der Waals surface area contributed by atoms with E-state index in [0.717, 1.165) is 42.5 Å². The molecule has 1 atom stereocenters. The first-order valence-corrected chi connectivity index (χ1v) is 6.74. The number of fused-ring (bicyclic) bond motifs is 1. The van der Waals surface area contributed by atoms with E-state index in [4.69, 9.17) is 4.42 Å². The zero-order valence-corrected chi connectivity index (χ0v) is 11.0. The number of piperidine rings is 1. The molecule has 2 N–H and O–H groups in total. The van der Waals surface area contributed by atoms with Gasteiger partial charge in [0.2, 0.25) is 0 Å². The molecule has 19 heavy (non-hydrogen) atoms. The maximum atomic E-state index is 12.1. The standard InChI is InChI=1S/C15H18N2O2/c1-10-4-5-13-11(7-10)8-14(19-13)15(18)17-12-3-2-6-16-9-12/h4-5,7-8,12,16H,2-3,6,9H2,1H3,(H,17,18)/t12-/m0/s1. The number of furan rings is 1. The Hall–Kier alpha value is -1.81. The number of hydrogen-bond acceptors (Lipinski definition) is 3. The van der Waals surface area contributed by atoms with Crippen LogP contribution >= 0.6 is 0 Å². The number of nitrogens with one attached hydrogen (secondary N) is 2. The zero-order valence-electron chi connectivity index (χ0n) is 11.0. The van der Waals surface area contributed by atoms with Crippen LogP contribution in [-0.2, 0) is 0 Å². The van der Waals surface area contributed by atoms with E-state index in [1.54, 1.807) is 0 Å². The highest BCUT2D eigenvalue weighted by Gasteiger charge is 2.18. The SMILES string of the molecule is Cc1ccc2oc(C(=O)N[C@H]3CCCNC3)cc2c1. The second kappa shape index (κ2) is 5.05. The van der Waals surface area contributed by atoms with Gasteiger partial charge < -0.3 is 15.1 Å². The van der Waals surface area contributed by atoms with Crippen LogP contribution < -0.4 is 10.6 Å². The van der Waals surface area contributed by atoms with Gasteiger partial charge in [0, 0.05) is 18.0 Å². The third kappa shape index (κ3) is 2.63. The summed E-state index contributed by atoms with van der Waals surface area (Å²) in [4.78, 5) is 12.1. The molecule has 3 rings (SSSR count). The van der Waals surface area contributed by atoms with E-state index in [-0.39, 0.29) is 11.9 Å². The van der Waals surface area contributed by atoms with Crippen molar-refractivity contribution in [3.63, 3.8) is 0 Å². The van der Waals surface area contributed by atoms with E-state index in [2.05, 4.69) is 10.6 Å². The van der Waals surface area contributed by atoms with Crippen molar-refractivity contribution in [3.05, 3.63) is 35.6 Å². The Kier molecular flexibility index (Phi) is 3.25. The second-order valence-corrected chi connectivity index (χ2v) is 5.17. The van der Waals surface area contributed by atoms with E-state index >= 15 is 0 Å². The number of aryl methyl sites for hydroxylation is 1. The topological polar surface area (TPSA) is 54.3 Å². The fourth-order valence-electron chi connectivity index (χ4n) is 2.51. The minimum absolute atomic E-state index is 0.123. The number of hydrogen-bond donors (Lipinski definition) is 2. The van der Waals surface area contributed by atoms with Gasteiger partial charge in [0.25, 0.3) is 5.91 Å². The van der Waals surface area contributed by atoms with Crippen LogP contribution in [0, 0.1) is 6.92 Å². The molecule has 4 heteroatoms. The minimum Gasteiger partial charge on any atom is -0.451 e. The van der Waals surface area contributed by atoms with Crippen LogP contribution in [0.15, 0.2) is 28.7 Å². The van der Waals surface area contributed by atoms with E-state index in [1.807, 2.05) is 31.2 Å². The Morgan fingerprint density at radius 1 is 1.42 bits per heavy atom. The fraction of sp³-hybridized carbons (Fsp3) is 0.400. The van der Waals surface area contributed by atoms with E-state index in [9.17, 15) is 4.79 Å². The second-order valence-electron chi connectivity index (χ2n) is 5.17. The van der Waals surface area contributed by atoms with Gasteiger partial charge in [-0.3, -0.25) is 4.79 Å². The number of carbonyl (C=O) groups excluding carboxylic acids is 1. The summed E-state index contributed by atoms with van der Waals surface area (Å²) in [7, 11) is 0. The summed E-state index contributed by atoms with van der Waals surface area (Å²) in [5.41, 5.74) is 1.93. The maximum absolute atomic E-state index is 12.1. The Morgan fingerprint density at radius 2 is 2.32 bits per heavy atom. The van der Waals surface area contributed by atoms with Crippen molar-refractivity contribution in [1.82, 2.24) is 10.6 Å². The van der Waals surface area contributed by atoms with Crippen molar-refractivity contribution >= 4 is 16.9 Å². The number of amides is 1. The normalized spacial score (nSPS) is 19.5. The van der Waals surface area contributed by atoms with Crippen molar-refractivity contribution in [2.45, 2.75) is 25.8 Å². The van der Waals surface area contributed by atoms with Crippen molar-refractivity contribution in [2.75, 3.05) is 13.1 Å². The molecular formula is C15H18N2O2. The molecule has 0 saturated carbocycles. The van der Waals surface area contributed by atoms with Crippen molar-refractivity contribution in [2.24, 2.45) is 0 Å². The molecule has 1 aromatic heterocycles. The van der Waals surface area contributed by atoms with Gasteiger partial charge in [0.15, 0.2) is 5.76 Å². The molecule has 1 amide bonds. The molecule has 1 aliphatic heterocycles. The molecule has 0 aliphatic carbocycles. The highest BCUT2D eigenvalue weighted by molar-refractivity contribution is 5.96. The Balaban J connectivity index is 1.77. The van der Waals surface area contributed by atoms with Gasteiger partial charge in [-0.2, -0.15) is 0 Å². The molecule has 4 nitrogen and oxygen atoms in total. The number of benzene rings is 1. The van der Waals surface area contributed by atoms with Gasteiger partial charge in [-0.15, -0.1) is 0 Å². The summed E-state index contributed by atoms with van der Waals surface area (Å²) >= 11 is 0. The molecule has 1 saturated heterocycles. The third-order valence-electron chi connectivity index (χ3n) is 3.53. The Bertz CT molecular complexity index is 597. The predicted octanol–water partition coefficient (Wildman–Crippen LogP) is 2.22. The predicted molar refractivity (Wildman–Crippen MR) is 74.3 cm³/mol. The molecule has 1 fully saturated rings. The first-order chi connectivity index (χ1) is 9.22. The molecule has 0 bridgehead atoms. The summed E-state index contributed by atoms with van der Waals surface area (Å²) in [5.74, 6) is 0.272. The van der Waals surface area contributed by atoms with Gasteiger partial charge >= 0.3 is 0 Å². The molecular weight excluding hydrogens is 240 g/mol. The Morgan fingerprint density at radius 3 is 3.11 bits per heavy atom. The fourth-order valence-corrected chi connectivity index (χ4v) is 2.51. The van der Waals surface area contributed by atoms with Crippen molar-refractivity contribution in [3.8, 4) is 0 Å². The lowest BCUT2D eigenvalue weighted by molar-refractivity contribution is 0.0905. The molecule has 1 aliphatic rings. The van der Waals surface area contributed by atoms with Crippen molar-refractivity contribution < 1.29 is 9.21 Å². The molecule has 2 aromatic rings. The van der Waals surface area contributed by atoms with Crippen molar-refractivity contribution in [1.29, 1.82) is 0 Å².